The topological polar surface area (TPSA) is 54.5 Å². The first kappa shape index (κ1) is 16.9. The van der Waals surface area contributed by atoms with Crippen LogP contribution in [0.1, 0.15) is 12.5 Å². The molecule has 0 bridgehead atoms. The lowest BCUT2D eigenvalue weighted by molar-refractivity contribution is -0.112. The van der Waals surface area contributed by atoms with E-state index in [4.69, 9.17) is 6.42 Å². The van der Waals surface area contributed by atoms with E-state index in [9.17, 15) is 13.2 Å². The van der Waals surface area contributed by atoms with Crippen LogP contribution < -0.4 is 0 Å². The molecule has 0 heterocycles. The molecule has 1 rings (SSSR count). The van der Waals surface area contributed by atoms with Crippen molar-refractivity contribution in [2.24, 2.45) is 0 Å². The molecule has 0 saturated carbocycles. The first-order chi connectivity index (χ1) is 9.87. The van der Waals surface area contributed by atoms with Gasteiger partial charge in [0.2, 0.25) is 10.0 Å². The number of ketones is 1. The summed E-state index contributed by atoms with van der Waals surface area (Å²) in [7, 11) is -3.66. The maximum absolute atomic E-state index is 12.5. The molecule has 0 radical (unpaired) electrons. The minimum absolute atomic E-state index is 0.0472. The van der Waals surface area contributed by atoms with E-state index in [0.717, 1.165) is 9.87 Å². The molecule has 110 valence electrons. The SMILES string of the molecule is C#CCN(CC=C=CC(C)=O)S(=O)(=O)c1ccc(C)cc1. The number of benzene rings is 1. The van der Waals surface area contributed by atoms with E-state index in [-0.39, 0.29) is 23.8 Å². The van der Waals surface area contributed by atoms with E-state index in [1.807, 2.05) is 6.92 Å². The van der Waals surface area contributed by atoms with Gasteiger partial charge in [0.1, 0.15) is 0 Å². The van der Waals surface area contributed by atoms with Crippen molar-refractivity contribution in [2.75, 3.05) is 13.1 Å². The molecule has 0 amide bonds. The Labute approximate surface area is 125 Å². The second-order valence-electron chi connectivity index (χ2n) is 4.44. The zero-order valence-corrected chi connectivity index (χ0v) is 12.9. The lowest BCUT2D eigenvalue weighted by atomic mass is 10.2. The molecule has 0 N–H and O–H groups in total. The molecule has 1 aromatic carbocycles. The zero-order valence-electron chi connectivity index (χ0n) is 12.0. The van der Waals surface area contributed by atoms with E-state index in [1.165, 1.54) is 19.1 Å². The number of rotatable bonds is 6. The number of hydrogen-bond donors (Lipinski definition) is 0. The Kier molecular flexibility index (Phi) is 6.13. The molecule has 0 unspecified atom stereocenters. The summed E-state index contributed by atoms with van der Waals surface area (Å²) in [5.41, 5.74) is 3.61. The molecule has 4 nitrogen and oxygen atoms in total. The van der Waals surface area contributed by atoms with E-state index in [1.54, 1.807) is 24.3 Å². The fourth-order valence-electron chi connectivity index (χ4n) is 1.54. The first-order valence-electron chi connectivity index (χ1n) is 6.29. The lowest BCUT2D eigenvalue weighted by Crippen LogP contribution is -2.31. The Bertz CT molecular complexity index is 703. The van der Waals surface area contributed by atoms with Gasteiger partial charge in [0.15, 0.2) is 5.78 Å². The first-order valence-corrected chi connectivity index (χ1v) is 7.73. The normalized spacial score (nSPS) is 10.6. The van der Waals surface area contributed by atoms with Crippen LogP contribution in [0.5, 0.6) is 0 Å². The van der Waals surface area contributed by atoms with Gasteiger partial charge < -0.3 is 0 Å². The Morgan fingerprint density at radius 2 is 1.95 bits per heavy atom. The van der Waals surface area contributed by atoms with Crippen LogP contribution in [0.15, 0.2) is 47.0 Å². The molecule has 0 aliphatic carbocycles. The highest BCUT2D eigenvalue weighted by Crippen LogP contribution is 2.15. The summed E-state index contributed by atoms with van der Waals surface area (Å²) < 4.78 is 26.1. The number of nitrogens with zero attached hydrogens (tertiary/aromatic N) is 1. The van der Waals surface area contributed by atoms with E-state index in [0.29, 0.717) is 0 Å². The highest BCUT2D eigenvalue weighted by atomic mass is 32.2. The van der Waals surface area contributed by atoms with Crippen molar-refractivity contribution in [1.29, 1.82) is 0 Å². The minimum Gasteiger partial charge on any atom is -0.294 e. The van der Waals surface area contributed by atoms with Crippen molar-refractivity contribution >= 4 is 15.8 Å². The van der Waals surface area contributed by atoms with Crippen molar-refractivity contribution in [3.05, 3.63) is 47.7 Å². The van der Waals surface area contributed by atoms with Gasteiger partial charge in [-0.1, -0.05) is 23.6 Å². The third-order valence-electron chi connectivity index (χ3n) is 2.63. The van der Waals surface area contributed by atoms with E-state index < -0.39 is 10.0 Å². The number of sulfonamides is 1. The van der Waals surface area contributed by atoms with Crippen LogP contribution in [-0.2, 0) is 14.8 Å². The largest absolute Gasteiger partial charge is 0.294 e. The molecular weight excluding hydrogens is 286 g/mol. The maximum atomic E-state index is 12.5. The molecule has 0 atom stereocenters. The smallest absolute Gasteiger partial charge is 0.244 e. The highest BCUT2D eigenvalue weighted by Gasteiger charge is 2.22. The average Bonchev–Trinajstić information content (AvgIpc) is 2.42. The fourth-order valence-corrected chi connectivity index (χ4v) is 2.83. The van der Waals surface area contributed by atoms with Crippen LogP contribution in [0.4, 0.5) is 0 Å². The second kappa shape index (κ2) is 7.61. The Morgan fingerprint density at radius 1 is 1.33 bits per heavy atom. The van der Waals surface area contributed by atoms with Gasteiger partial charge in [0, 0.05) is 12.6 Å². The number of aryl methyl sites for hydroxylation is 1. The minimum atomic E-state index is -3.66. The molecule has 0 fully saturated rings. The monoisotopic (exact) mass is 303 g/mol. The Balaban J connectivity index is 3.04. The van der Waals surface area contributed by atoms with Gasteiger partial charge in [-0.3, -0.25) is 4.79 Å². The van der Waals surface area contributed by atoms with Crippen LogP contribution in [0.25, 0.3) is 0 Å². The molecule has 0 aromatic heterocycles. The average molecular weight is 303 g/mol. The van der Waals surface area contributed by atoms with Gasteiger partial charge in [0.05, 0.1) is 11.4 Å². The fraction of sp³-hybridized carbons (Fsp3) is 0.250. The molecular formula is C16H17NO3S. The van der Waals surface area contributed by atoms with Gasteiger partial charge >= 0.3 is 0 Å². The molecule has 21 heavy (non-hydrogen) atoms. The second-order valence-corrected chi connectivity index (χ2v) is 6.38. The Morgan fingerprint density at radius 3 is 2.48 bits per heavy atom. The van der Waals surface area contributed by atoms with Gasteiger partial charge in [-0.15, -0.1) is 12.2 Å². The summed E-state index contributed by atoms with van der Waals surface area (Å²) in [6.45, 7) is 3.28. The molecule has 5 heteroatoms. The number of terminal acetylenes is 1. The van der Waals surface area contributed by atoms with Crippen molar-refractivity contribution in [1.82, 2.24) is 4.31 Å². The van der Waals surface area contributed by atoms with Crippen molar-refractivity contribution in [2.45, 2.75) is 18.7 Å². The molecule has 1 aromatic rings. The third-order valence-corrected chi connectivity index (χ3v) is 4.45. The van der Waals surface area contributed by atoms with Gasteiger partial charge in [-0.2, -0.15) is 4.31 Å². The van der Waals surface area contributed by atoms with Crippen molar-refractivity contribution in [3.8, 4) is 12.3 Å². The lowest BCUT2D eigenvalue weighted by Gasteiger charge is -2.17. The number of carbonyl (C=O) groups is 1. The maximum Gasteiger partial charge on any atom is 0.244 e. The van der Waals surface area contributed by atoms with Crippen LogP contribution >= 0.6 is 0 Å². The molecule has 0 aliphatic heterocycles. The van der Waals surface area contributed by atoms with Crippen molar-refractivity contribution < 1.29 is 13.2 Å². The Hall–Kier alpha value is -2.12. The zero-order chi connectivity index (χ0) is 15.9. The molecule has 0 saturated heterocycles. The van der Waals surface area contributed by atoms with Crippen LogP contribution in [0, 0.1) is 19.3 Å². The van der Waals surface area contributed by atoms with Crippen LogP contribution in [0.2, 0.25) is 0 Å². The third kappa shape index (κ3) is 5.05. The summed E-state index contributed by atoms with van der Waals surface area (Å²) in [4.78, 5) is 10.9. The predicted molar refractivity (Wildman–Crippen MR) is 82.1 cm³/mol. The summed E-state index contributed by atoms with van der Waals surface area (Å²) in [6.07, 6.45) is 7.93. The van der Waals surface area contributed by atoms with Gasteiger partial charge in [0.25, 0.3) is 0 Å². The van der Waals surface area contributed by atoms with Gasteiger partial charge in [-0.05, 0) is 32.1 Å². The highest BCUT2D eigenvalue weighted by molar-refractivity contribution is 7.89. The summed E-state index contributed by atoms with van der Waals surface area (Å²) in [6, 6.07) is 6.55. The number of carbonyl (C=O) groups excluding carboxylic acids is 1. The quantitative estimate of drug-likeness (QED) is 0.458. The van der Waals surface area contributed by atoms with E-state index in [2.05, 4.69) is 11.7 Å². The van der Waals surface area contributed by atoms with Crippen LogP contribution in [0.3, 0.4) is 0 Å². The van der Waals surface area contributed by atoms with Crippen LogP contribution in [-0.4, -0.2) is 31.6 Å². The number of hydrogen-bond acceptors (Lipinski definition) is 3. The summed E-state index contributed by atoms with van der Waals surface area (Å²) in [5, 5.41) is 0. The van der Waals surface area contributed by atoms with Crippen molar-refractivity contribution in [3.63, 3.8) is 0 Å². The standard InChI is InChI=1S/C16H17NO3S/c1-4-12-17(13-6-5-7-15(3)18)21(19,20)16-10-8-14(2)9-11-16/h1,6-11H,12-13H2,2-3H3. The van der Waals surface area contributed by atoms with Gasteiger partial charge in [-0.25, -0.2) is 8.42 Å². The predicted octanol–water partition coefficient (Wildman–Crippen LogP) is 1.92. The summed E-state index contributed by atoms with van der Waals surface area (Å²) in [5.74, 6) is 2.17. The molecule has 0 spiro atoms. The van der Waals surface area contributed by atoms with E-state index >= 15 is 0 Å². The molecule has 0 aliphatic rings. The summed E-state index contributed by atoms with van der Waals surface area (Å²) >= 11 is 0.